The summed E-state index contributed by atoms with van der Waals surface area (Å²) in [5, 5.41) is 47.0. The average Bonchev–Trinajstić information content (AvgIpc) is 3.37. The number of aromatic hydroxyl groups is 1. The van der Waals surface area contributed by atoms with E-state index in [0.717, 1.165) is 24.5 Å². The molecule has 4 aliphatic rings. The van der Waals surface area contributed by atoms with Gasteiger partial charge in [0.05, 0.1) is 5.56 Å². The summed E-state index contributed by atoms with van der Waals surface area (Å²) in [6, 6.07) is 1.97. The zero-order valence-corrected chi connectivity index (χ0v) is 24.9. The van der Waals surface area contributed by atoms with Crippen molar-refractivity contribution in [2.24, 2.45) is 28.6 Å². The molecule has 5 rings (SSSR count). The molecular formula is C34H40O7. The normalized spacial score (nSPS) is 31.1. The number of benzene rings is 1. The summed E-state index contributed by atoms with van der Waals surface area (Å²) in [5.41, 5.74) is -2.45. The molecule has 0 saturated heterocycles. The minimum Gasteiger partial charge on any atom is -0.508 e. The average molecular weight is 561 g/mol. The molecule has 0 radical (unpaired) electrons. The number of ketones is 3. The van der Waals surface area contributed by atoms with Gasteiger partial charge in [-0.2, -0.15) is 0 Å². The first-order valence-electron chi connectivity index (χ1n) is 14.5. The van der Waals surface area contributed by atoms with Gasteiger partial charge >= 0.3 is 0 Å². The topological polar surface area (TPSA) is 132 Å². The van der Waals surface area contributed by atoms with E-state index in [-0.39, 0.29) is 41.6 Å². The second-order valence-corrected chi connectivity index (χ2v) is 13.6. The van der Waals surface area contributed by atoms with Crippen molar-refractivity contribution in [1.82, 2.24) is 0 Å². The molecule has 41 heavy (non-hydrogen) atoms. The highest BCUT2D eigenvalue weighted by atomic mass is 16.3. The Labute approximate surface area is 241 Å². The standard InChI is InChI=1S/C34H40O7/c1-16(2)12-20-13-21(19-10-8-9-11-19)22-14-32(6)15-33(7)25(17(3)4)28(37)23(18(5)35)30(39)34(33,41)31(40)26(32)29(38)24(22)27(20)36/h8,10-11,13,16-17,25,36,38-39,41H,9,12,14-15H2,1-7H3/t25?,32-,33-,34+/m1/s1. The number of allylic oxidation sites excluding steroid dienone is 5. The SMILES string of the molecule is CC(=O)C1=C(O)[C@]2(O)C(=O)C3=C(O)c4c(O)c(CC(C)C)cc(C5=CCC=C5)c4C[C@]3(C)C[C@]2(C)C(C(C)C)C1=O. The third kappa shape index (κ3) is 3.77. The maximum atomic E-state index is 14.5. The fraction of sp³-hybridized carbons (Fsp3) is 0.500. The van der Waals surface area contributed by atoms with E-state index in [1.807, 2.05) is 39.0 Å². The lowest BCUT2D eigenvalue weighted by atomic mass is 9.43. The first-order valence-corrected chi connectivity index (χ1v) is 14.5. The molecule has 1 unspecified atom stereocenters. The molecule has 1 aromatic carbocycles. The van der Waals surface area contributed by atoms with Crippen molar-refractivity contribution in [2.75, 3.05) is 0 Å². The van der Waals surface area contributed by atoms with Crippen LogP contribution in [-0.4, -0.2) is 43.4 Å². The number of aliphatic hydroxyl groups excluding tert-OH is 2. The third-order valence-electron chi connectivity index (χ3n) is 9.79. The lowest BCUT2D eigenvalue weighted by Crippen LogP contribution is -2.69. The van der Waals surface area contributed by atoms with Crippen molar-refractivity contribution in [2.45, 2.75) is 79.8 Å². The molecule has 218 valence electrons. The van der Waals surface area contributed by atoms with E-state index in [4.69, 9.17) is 0 Å². The number of hydrogen-bond donors (Lipinski definition) is 4. The van der Waals surface area contributed by atoms with Crippen molar-refractivity contribution in [1.29, 1.82) is 0 Å². The molecule has 0 aliphatic heterocycles. The number of fused-ring (bicyclic) bond motifs is 3. The number of carbonyl (C=O) groups excluding carboxylic acids is 3. The van der Waals surface area contributed by atoms with Gasteiger partial charge in [-0.15, -0.1) is 0 Å². The van der Waals surface area contributed by atoms with Crippen LogP contribution in [-0.2, 0) is 27.2 Å². The van der Waals surface area contributed by atoms with Crippen molar-refractivity contribution in [3.8, 4) is 5.75 Å². The van der Waals surface area contributed by atoms with Gasteiger partial charge in [-0.25, -0.2) is 0 Å². The molecule has 0 aromatic heterocycles. The first-order chi connectivity index (χ1) is 19.0. The highest BCUT2D eigenvalue weighted by Gasteiger charge is 2.72. The number of phenols is 1. The third-order valence-corrected chi connectivity index (χ3v) is 9.79. The molecule has 0 bridgehead atoms. The van der Waals surface area contributed by atoms with E-state index < -0.39 is 56.8 Å². The van der Waals surface area contributed by atoms with Crippen LogP contribution in [0.2, 0.25) is 0 Å². The summed E-state index contributed by atoms with van der Waals surface area (Å²) < 4.78 is 0. The quantitative estimate of drug-likeness (QED) is 0.338. The van der Waals surface area contributed by atoms with Gasteiger partial charge in [0.2, 0.25) is 5.78 Å². The van der Waals surface area contributed by atoms with Crippen LogP contribution in [0.4, 0.5) is 0 Å². The van der Waals surface area contributed by atoms with Crippen LogP contribution in [0.15, 0.2) is 41.2 Å². The maximum absolute atomic E-state index is 14.5. The van der Waals surface area contributed by atoms with Crippen molar-refractivity contribution < 1.29 is 34.8 Å². The van der Waals surface area contributed by atoms with Crippen LogP contribution in [0.1, 0.15) is 83.6 Å². The van der Waals surface area contributed by atoms with Gasteiger partial charge < -0.3 is 20.4 Å². The lowest BCUT2D eigenvalue weighted by Gasteiger charge is -2.59. The molecule has 0 amide bonds. The van der Waals surface area contributed by atoms with E-state index in [2.05, 4.69) is 6.08 Å². The molecule has 0 heterocycles. The summed E-state index contributed by atoms with van der Waals surface area (Å²) in [4.78, 5) is 40.8. The Morgan fingerprint density at radius 3 is 2.29 bits per heavy atom. The second kappa shape index (κ2) is 9.28. The highest BCUT2D eigenvalue weighted by molar-refractivity contribution is 6.24. The zero-order valence-electron chi connectivity index (χ0n) is 24.9. The fourth-order valence-electron chi connectivity index (χ4n) is 8.35. The Hall–Kier alpha value is -3.45. The molecule has 1 saturated carbocycles. The Bertz CT molecular complexity index is 1530. The van der Waals surface area contributed by atoms with Crippen LogP contribution in [0.25, 0.3) is 11.3 Å². The Morgan fingerprint density at radius 1 is 1.10 bits per heavy atom. The monoisotopic (exact) mass is 560 g/mol. The molecule has 7 heteroatoms. The number of phenolic OH excluding ortho intramolecular Hbond substituents is 1. The molecule has 4 atom stereocenters. The van der Waals surface area contributed by atoms with E-state index in [0.29, 0.717) is 17.5 Å². The molecule has 4 aliphatic carbocycles. The van der Waals surface area contributed by atoms with E-state index in [1.165, 1.54) is 0 Å². The van der Waals surface area contributed by atoms with Crippen LogP contribution in [0.3, 0.4) is 0 Å². The summed E-state index contributed by atoms with van der Waals surface area (Å²) in [6.45, 7) is 12.2. The number of rotatable bonds is 5. The van der Waals surface area contributed by atoms with Crippen LogP contribution in [0, 0.1) is 28.6 Å². The maximum Gasteiger partial charge on any atom is 0.203 e. The smallest absolute Gasteiger partial charge is 0.203 e. The van der Waals surface area contributed by atoms with Crippen molar-refractivity contribution in [3.63, 3.8) is 0 Å². The summed E-state index contributed by atoms with van der Waals surface area (Å²) >= 11 is 0. The van der Waals surface area contributed by atoms with E-state index >= 15 is 0 Å². The van der Waals surface area contributed by atoms with Gasteiger partial charge in [-0.05, 0) is 72.8 Å². The zero-order chi connectivity index (χ0) is 30.4. The lowest BCUT2D eigenvalue weighted by molar-refractivity contribution is -0.178. The first kappa shape index (κ1) is 29.1. The number of carbonyl (C=O) groups is 3. The molecular weight excluding hydrogens is 520 g/mol. The predicted octanol–water partition coefficient (Wildman–Crippen LogP) is 5.73. The highest BCUT2D eigenvalue weighted by Crippen LogP contribution is 2.65. The summed E-state index contributed by atoms with van der Waals surface area (Å²) in [6.07, 6.45) is 7.78. The molecule has 1 aromatic rings. The van der Waals surface area contributed by atoms with Crippen molar-refractivity contribution >= 4 is 28.7 Å². The van der Waals surface area contributed by atoms with Crippen LogP contribution in [0.5, 0.6) is 5.75 Å². The number of hydrogen-bond acceptors (Lipinski definition) is 7. The van der Waals surface area contributed by atoms with Crippen molar-refractivity contribution in [3.05, 3.63) is 63.5 Å². The van der Waals surface area contributed by atoms with Gasteiger partial charge in [0.15, 0.2) is 17.2 Å². The van der Waals surface area contributed by atoms with Gasteiger partial charge in [0.1, 0.15) is 22.8 Å². The second-order valence-electron chi connectivity index (χ2n) is 13.6. The Morgan fingerprint density at radius 2 is 1.76 bits per heavy atom. The number of Topliss-reactive ketones (excluding diaryl/α,β-unsaturated/α-hetero) is 3. The van der Waals surface area contributed by atoms with Crippen LogP contribution < -0.4 is 0 Å². The molecule has 7 nitrogen and oxygen atoms in total. The van der Waals surface area contributed by atoms with E-state index in [1.54, 1.807) is 20.8 Å². The fourth-order valence-corrected chi connectivity index (χ4v) is 8.35. The Balaban J connectivity index is 1.85. The predicted molar refractivity (Wildman–Crippen MR) is 156 cm³/mol. The summed E-state index contributed by atoms with van der Waals surface area (Å²) in [7, 11) is 0. The Kier molecular flexibility index (Phi) is 6.58. The van der Waals surface area contributed by atoms with Gasteiger partial charge in [0.25, 0.3) is 0 Å². The van der Waals surface area contributed by atoms with Crippen LogP contribution >= 0.6 is 0 Å². The summed E-state index contributed by atoms with van der Waals surface area (Å²) in [5.74, 6) is -4.84. The molecule has 4 N–H and O–H groups in total. The minimum atomic E-state index is -2.61. The van der Waals surface area contributed by atoms with E-state index in [9.17, 15) is 34.8 Å². The van der Waals surface area contributed by atoms with Gasteiger partial charge in [0, 0.05) is 22.3 Å². The molecule has 0 spiro atoms. The minimum absolute atomic E-state index is 0.0771. The number of aliphatic hydroxyl groups is 3. The van der Waals surface area contributed by atoms with Gasteiger partial charge in [-0.1, -0.05) is 59.8 Å². The molecule has 1 fully saturated rings. The van der Waals surface area contributed by atoms with Gasteiger partial charge in [-0.3, -0.25) is 14.4 Å². The largest absolute Gasteiger partial charge is 0.508 e.